The summed E-state index contributed by atoms with van der Waals surface area (Å²) in [5.41, 5.74) is 10.3. The number of hydrogen-bond acceptors (Lipinski definition) is 7. The van der Waals surface area contributed by atoms with Crippen molar-refractivity contribution in [2.75, 3.05) is 18.2 Å². The van der Waals surface area contributed by atoms with Gasteiger partial charge in [-0.2, -0.15) is 0 Å². The molecule has 2 heterocycles. The molecule has 0 aliphatic carbocycles. The number of carbonyl (C=O) groups excluding carboxylic acids is 1. The van der Waals surface area contributed by atoms with Crippen LogP contribution >= 0.6 is 0 Å². The van der Waals surface area contributed by atoms with E-state index in [0.717, 1.165) is 16.8 Å². The standard InChI is InChI=1S/C20H18N6O2/c1-12-15(4-3-5-16(12)21)17-24-18(19-22-10-11-26(19)25-17)23-14-8-6-13(7-9-14)20(27)28-2/h3-11H,21H2,1-2H3,(H,23,24,25). The Kier molecular flexibility index (Phi) is 4.36. The summed E-state index contributed by atoms with van der Waals surface area (Å²) in [6.45, 7) is 1.94. The fourth-order valence-corrected chi connectivity index (χ4v) is 2.87. The maximum Gasteiger partial charge on any atom is 0.337 e. The van der Waals surface area contributed by atoms with Gasteiger partial charge in [-0.25, -0.2) is 19.3 Å². The van der Waals surface area contributed by atoms with Crippen LogP contribution in [0.5, 0.6) is 0 Å². The van der Waals surface area contributed by atoms with Gasteiger partial charge < -0.3 is 15.8 Å². The molecule has 0 bridgehead atoms. The van der Waals surface area contributed by atoms with Gasteiger partial charge in [0, 0.05) is 29.3 Å². The summed E-state index contributed by atoms with van der Waals surface area (Å²) in [4.78, 5) is 20.6. The highest BCUT2D eigenvalue weighted by molar-refractivity contribution is 5.90. The lowest BCUT2D eigenvalue weighted by Gasteiger charge is -2.11. The van der Waals surface area contributed by atoms with E-state index in [1.165, 1.54) is 7.11 Å². The Hall–Kier alpha value is -3.94. The SMILES string of the molecule is COC(=O)c1ccc(Nc2nc(-c3cccc(N)c3C)nn3ccnc23)cc1. The van der Waals surface area contributed by atoms with E-state index in [1.54, 1.807) is 41.2 Å². The fraction of sp³-hybridized carbons (Fsp3) is 0.100. The minimum atomic E-state index is -0.385. The molecule has 0 aliphatic rings. The molecule has 28 heavy (non-hydrogen) atoms. The first-order valence-corrected chi connectivity index (χ1v) is 8.59. The van der Waals surface area contributed by atoms with Gasteiger partial charge in [-0.15, -0.1) is 5.10 Å². The molecule has 0 atom stereocenters. The molecule has 0 saturated heterocycles. The first-order chi connectivity index (χ1) is 13.6. The van der Waals surface area contributed by atoms with Crippen LogP contribution in [0.4, 0.5) is 17.2 Å². The molecular formula is C20H18N6O2. The van der Waals surface area contributed by atoms with E-state index in [0.29, 0.717) is 28.5 Å². The van der Waals surface area contributed by atoms with Gasteiger partial charge in [-0.1, -0.05) is 12.1 Å². The van der Waals surface area contributed by atoms with E-state index in [1.807, 2.05) is 25.1 Å². The molecule has 0 unspecified atom stereocenters. The maximum absolute atomic E-state index is 11.6. The minimum absolute atomic E-state index is 0.385. The van der Waals surface area contributed by atoms with E-state index in [2.05, 4.69) is 20.4 Å². The summed E-state index contributed by atoms with van der Waals surface area (Å²) in [5, 5.41) is 7.79. The highest BCUT2D eigenvalue weighted by atomic mass is 16.5. The van der Waals surface area contributed by atoms with Crippen molar-refractivity contribution in [2.24, 2.45) is 0 Å². The molecule has 4 rings (SSSR count). The Bertz CT molecular complexity index is 1170. The first-order valence-electron chi connectivity index (χ1n) is 8.59. The van der Waals surface area contributed by atoms with Gasteiger partial charge in [-0.05, 0) is 42.8 Å². The maximum atomic E-state index is 11.6. The Morgan fingerprint density at radius 2 is 1.96 bits per heavy atom. The Morgan fingerprint density at radius 1 is 1.18 bits per heavy atom. The minimum Gasteiger partial charge on any atom is -0.465 e. The van der Waals surface area contributed by atoms with Crippen LogP contribution < -0.4 is 11.1 Å². The van der Waals surface area contributed by atoms with Crippen LogP contribution in [0.15, 0.2) is 54.9 Å². The zero-order chi connectivity index (χ0) is 19.7. The van der Waals surface area contributed by atoms with Crippen molar-refractivity contribution < 1.29 is 9.53 Å². The molecule has 0 radical (unpaired) electrons. The third-order valence-corrected chi connectivity index (χ3v) is 4.44. The number of fused-ring (bicyclic) bond motifs is 1. The third-order valence-electron chi connectivity index (χ3n) is 4.44. The topological polar surface area (TPSA) is 107 Å². The first kappa shape index (κ1) is 17.5. The molecule has 0 amide bonds. The molecule has 0 aliphatic heterocycles. The van der Waals surface area contributed by atoms with Gasteiger partial charge in [0.15, 0.2) is 17.3 Å². The lowest BCUT2D eigenvalue weighted by atomic mass is 10.1. The fourth-order valence-electron chi connectivity index (χ4n) is 2.87. The van der Waals surface area contributed by atoms with Crippen molar-refractivity contribution in [3.05, 3.63) is 66.0 Å². The summed E-state index contributed by atoms with van der Waals surface area (Å²) in [6.07, 6.45) is 3.42. The molecule has 4 aromatic rings. The van der Waals surface area contributed by atoms with Gasteiger partial charge in [-0.3, -0.25) is 0 Å². The number of methoxy groups -OCH3 is 1. The molecule has 8 heteroatoms. The quantitative estimate of drug-likeness (QED) is 0.417. The largest absolute Gasteiger partial charge is 0.465 e. The highest BCUT2D eigenvalue weighted by Gasteiger charge is 2.14. The summed E-state index contributed by atoms with van der Waals surface area (Å²) in [7, 11) is 1.35. The number of imidazole rings is 1. The molecule has 2 aromatic carbocycles. The van der Waals surface area contributed by atoms with Gasteiger partial charge in [0.2, 0.25) is 0 Å². The lowest BCUT2D eigenvalue weighted by molar-refractivity contribution is 0.0601. The van der Waals surface area contributed by atoms with E-state index < -0.39 is 0 Å². The second-order valence-corrected chi connectivity index (χ2v) is 6.19. The van der Waals surface area contributed by atoms with Crippen molar-refractivity contribution in [1.82, 2.24) is 19.6 Å². The van der Waals surface area contributed by atoms with Crippen molar-refractivity contribution in [1.29, 1.82) is 0 Å². The van der Waals surface area contributed by atoms with Crippen molar-refractivity contribution in [3.63, 3.8) is 0 Å². The zero-order valence-electron chi connectivity index (χ0n) is 15.4. The molecule has 0 spiro atoms. The molecule has 0 fully saturated rings. The van der Waals surface area contributed by atoms with Crippen LogP contribution in [0.2, 0.25) is 0 Å². The van der Waals surface area contributed by atoms with Crippen LogP contribution in [0, 0.1) is 6.92 Å². The number of benzene rings is 2. The predicted octanol–water partition coefficient (Wildman–Crippen LogP) is 3.21. The van der Waals surface area contributed by atoms with Crippen LogP contribution in [0.1, 0.15) is 15.9 Å². The van der Waals surface area contributed by atoms with Gasteiger partial charge in [0.05, 0.1) is 12.7 Å². The monoisotopic (exact) mass is 374 g/mol. The molecular weight excluding hydrogens is 356 g/mol. The Labute approximate surface area is 161 Å². The lowest BCUT2D eigenvalue weighted by Crippen LogP contribution is -2.05. The van der Waals surface area contributed by atoms with Gasteiger partial charge in [0.25, 0.3) is 0 Å². The van der Waals surface area contributed by atoms with Crippen LogP contribution in [0.25, 0.3) is 17.0 Å². The number of aromatic nitrogens is 4. The number of nitrogen functional groups attached to an aromatic ring is 1. The highest BCUT2D eigenvalue weighted by Crippen LogP contribution is 2.27. The van der Waals surface area contributed by atoms with Crippen LogP contribution in [-0.2, 0) is 4.74 Å². The number of anilines is 3. The van der Waals surface area contributed by atoms with Gasteiger partial charge >= 0.3 is 5.97 Å². The third kappa shape index (κ3) is 3.11. The summed E-state index contributed by atoms with van der Waals surface area (Å²) < 4.78 is 6.39. The number of esters is 1. The second kappa shape index (κ2) is 6.99. The van der Waals surface area contributed by atoms with E-state index in [-0.39, 0.29) is 5.97 Å². The number of nitrogens with zero attached hydrogens (tertiary/aromatic N) is 4. The number of nitrogens with two attached hydrogens (primary N) is 1. The van der Waals surface area contributed by atoms with Crippen LogP contribution in [-0.4, -0.2) is 32.7 Å². The predicted molar refractivity (Wildman–Crippen MR) is 106 cm³/mol. The number of hydrogen-bond donors (Lipinski definition) is 2. The average molecular weight is 374 g/mol. The van der Waals surface area contributed by atoms with Gasteiger partial charge in [0.1, 0.15) is 0 Å². The average Bonchev–Trinajstić information content (AvgIpc) is 3.19. The number of rotatable bonds is 4. The second-order valence-electron chi connectivity index (χ2n) is 6.19. The molecule has 0 saturated carbocycles. The number of nitrogens with one attached hydrogen (secondary N) is 1. The number of ether oxygens (including phenoxy) is 1. The zero-order valence-corrected chi connectivity index (χ0v) is 15.4. The molecule has 8 nitrogen and oxygen atoms in total. The smallest absolute Gasteiger partial charge is 0.337 e. The summed E-state index contributed by atoms with van der Waals surface area (Å²) in [6, 6.07) is 12.6. The summed E-state index contributed by atoms with van der Waals surface area (Å²) in [5.74, 6) is 0.690. The number of carbonyl (C=O) groups is 1. The van der Waals surface area contributed by atoms with Crippen molar-refractivity contribution in [3.8, 4) is 11.4 Å². The normalized spacial score (nSPS) is 10.8. The van der Waals surface area contributed by atoms with E-state index in [9.17, 15) is 4.79 Å². The van der Waals surface area contributed by atoms with Crippen LogP contribution in [0.3, 0.4) is 0 Å². The summed E-state index contributed by atoms with van der Waals surface area (Å²) >= 11 is 0. The van der Waals surface area contributed by atoms with Crippen molar-refractivity contribution in [2.45, 2.75) is 6.92 Å². The molecule has 3 N–H and O–H groups in total. The molecule has 140 valence electrons. The van der Waals surface area contributed by atoms with E-state index >= 15 is 0 Å². The Balaban J connectivity index is 1.75. The molecule has 2 aromatic heterocycles. The Morgan fingerprint density at radius 3 is 2.71 bits per heavy atom. The van der Waals surface area contributed by atoms with E-state index in [4.69, 9.17) is 10.5 Å². The van der Waals surface area contributed by atoms with Crippen molar-refractivity contribution >= 4 is 28.8 Å².